The zero-order chi connectivity index (χ0) is 24.1. The van der Waals surface area contributed by atoms with E-state index in [1.54, 1.807) is 0 Å². The fourth-order valence-corrected chi connectivity index (χ4v) is 2.77. The van der Waals surface area contributed by atoms with Gasteiger partial charge in [0.1, 0.15) is 0 Å². The lowest BCUT2D eigenvalue weighted by molar-refractivity contribution is -0.123. The molecule has 0 radical (unpaired) electrons. The highest BCUT2D eigenvalue weighted by molar-refractivity contribution is 5.75. The van der Waals surface area contributed by atoms with Gasteiger partial charge in [-0.05, 0) is 72.6 Å². The largest absolute Gasteiger partial charge is 0.372 e. The summed E-state index contributed by atoms with van der Waals surface area (Å²) in [6, 6.07) is 0. The molecule has 32 heavy (non-hydrogen) atoms. The molecule has 4 nitrogen and oxygen atoms in total. The summed E-state index contributed by atoms with van der Waals surface area (Å²) >= 11 is 0. The van der Waals surface area contributed by atoms with Crippen molar-refractivity contribution in [3.63, 3.8) is 0 Å². The zero-order valence-electron chi connectivity index (χ0n) is 21.5. The Bertz CT molecular complexity index is 581. The number of unbranched alkanes of at least 4 members (excludes halogenated alkanes) is 4. The second-order valence-corrected chi connectivity index (χ2v) is 9.79. The standard InChI is InChI=1S/C28H50N2O2/c1-6-7-8-9-10-11-12-13-14-15-16-17-18-19-20-21-22-23-26(31)30-24-28(4,5)32-25-27(2,3)29/h10-11,13-14,16-17,19-20H,6-9,12,15,18,21-25,29H2,1-5H3,(H,30,31)/b11-10-,14-13-,17-16-,20-19-. The lowest BCUT2D eigenvalue weighted by atomic mass is 10.1. The summed E-state index contributed by atoms with van der Waals surface area (Å²) in [5.41, 5.74) is 5.16. The third kappa shape index (κ3) is 23.0. The first-order valence-corrected chi connectivity index (χ1v) is 12.5. The molecule has 0 aliphatic rings. The van der Waals surface area contributed by atoms with Crippen LogP contribution in [0.4, 0.5) is 0 Å². The molecule has 0 spiro atoms. The van der Waals surface area contributed by atoms with E-state index in [1.165, 1.54) is 25.7 Å². The van der Waals surface area contributed by atoms with Crippen molar-refractivity contribution in [2.24, 2.45) is 5.73 Å². The van der Waals surface area contributed by atoms with Gasteiger partial charge in [-0.15, -0.1) is 0 Å². The first-order chi connectivity index (χ1) is 15.2. The molecular formula is C28H50N2O2. The minimum absolute atomic E-state index is 0.0737. The maximum atomic E-state index is 12.0. The van der Waals surface area contributed by atoms with Gasteiger partial charge in [-0.3, -0.25) is 4.79 Å². The van der Waals surface area contributed by atoms with Gasteiger partial charge in [0.2, 0.25) is 5.91 Å². The lowest BCUT2D eigenvalue weighted by Crippen LogP contribution is -2.46. The smallest absolute Gasteiger partial charge is 0.220 e. The van der Waals surface area contributed by atoms with Crippen LogP contribution in [0.5, 0.6) is 0 Å². The number of amides is 1. The van der Waals surface area contributed by atoms with Crippen LogP contribution < -0.4 is 11.1 Å². The van der Waals surface area contributed by atoms with Gasteiger partial charge >= 0.3 is 0 Å². The van der Waals surface area contributed by atoms with Gasteiger partial charge in [0.05, 0.1) is 12.2 Å². The molecule has 0 atom stereocenters. The van der Waals surface area contributed by atoms with E-state index >= 15 is 0 Å². The van der Waals surface area contributed by atoms with Crippen LogP contribution in [0, 0.1) is 0 Å². The summed E-state index contributed by atoms with van der Waals surface area (Å²) < 4.78 is 5.82. The molecule has 0 aliphatic carbocycles. The van der Waals surface area contributed by atoms with Crippen LogP contribution in [0.25, 0.3) is 0 Å². The first kappa shape index (κ1) is 30.4. The molecule has 0 bridgehead atoms. The van der Waals surface area contributed by atoms with E-state index in [4.69, 9.17) is 10.5 Å². The number of allylic oxidation sites excluding steroid dienone is 8. The summed E-state index contributed by atoms with van der Waals surface area (Å²) in [7, 11) is 0. The van der Waals surface area contributed by atoms with Gasteiger partial charge in [-0.25, -0.2) is 0 Å². The average Bonchev–Trinajstić information content (AvgIpc) is 2.73. The third-order valence-corrected chi connectivity index (χ3v) is 4.78. The van der Waals surface area contributed by atoms with Crippen LogP contribution in [0.1, 0.15) is 98.8 Å². The number of hydrogen-bond donors (Lipinski definition) is 2. The van der Waals surface area contributed by atoms with Crippen molar-refractivity contribution in [3.05, 3.63) is 48.6 Å². The summed E-state index contributed by atoms with van der Waals surface area (Å²) in [6.45, 7) is 11.0. The molecule has 0 aromatic carbocycles. The van der Waals surface area contributed by atoms with E-state index in [0.29, 0.717) is 19.6 Å². The molecule has 3 N–H and O–H groups in total. The summed E-state index contributed by atoms with van der Waals surface area (Å²) in [6.07, 6.45) is 28.2. The van der Waals surface area contributed by atoms with Crippen LogP contribution in [-0.2, 0) is 9.53 Å². The zero-order valence-corrected chi connectivity index (χ0v) is 21.5. The predicted molar refractivity (Wildman–Crippen MR) is 140 cm³/mol. The Kier molecular flexibility index (Phi) is 17.9. The minimum atomic E-state index is -0.418. The van der Waals surface area contributed by atoms with E-state index in [2.05, 4.69) is 60.8 Å². The van der Waals surface area contributed by atoms with Gasteiger partial charge in [-0.1, -0.05) is 68.4 Å². The van der Waals surface area contributed by atoms with Crippen molar-refractivity contribution < 1.29 is 9.53 Å². The molecule has 0 unspecified atom stereocenters. The maximum Gasteiger partial charge on any atom is 0.220 e. The highest BCUT2D eigenvalue weighted by atomic mass is 16.5. The van der Waals surface area contributed by atoms with Crippen LogP contribution in [0.15, 0.2) is 48.6 Å². The average molecular weight is 447 g/mol. The second-order valence-electron chi connectivity index (χ2n) is 9.79. The Morgan fingerprint density at radius 3 is 1.81 bits per heavy atom. The molecule has 0 saturated heterocycles. The normalized spacial score (nSPS) is 13.3. The number of hydrogen-bond acceptors (Lipinski definition) is 3. The molecule has 4 heteroatoms. The van der Waals surface area contributed by atoms with Crippen molar-refractivity contribution in [2.45, 2.75) is 110 Å². The Hall–Kier alpha value is -1.65. The summed E-state index contributed by atoms with van der Waals surface area (Å²) in [5.74, 6) is 0.0737. The maximum absolute atomic E-state index is 12.0. The number of ether oxygens (including phenoxy) is 1. The number of carbonyl (C=O) groups excluding carboxylic acids is 1. The molecule has 0 rings (SSSR count). The van der Waals surface area contributed by atoms with Gasteiger partial charge in [0.25, 0.3) is 0 Å². The van der Waals surface area contributed by atoms with E-state index in [9.17, 15) is 4.79 Å². The van der Waals surface area contributed by atoms with Gasteiger partial charge in [0, 0.05) is 18.5 Å². The molecular weight excluding hydrogens is 396 g/mol. The van der Waals surface area contributed by atoms with Gasteiger partial charge in [0.15, 0.2) is 0 Å². The van der Waals surface area contributed by atoms with Crippen molar-refractivity contribution in [3.8, 4) is 0 Å². The van der Waals surface area contributed by atoms with E-state index < -0.39 is 5.60 Å². The Morgan fingerprint density at radius 1 is 0.812 bits per heavy atom. The molecule has 0 aliphatic heterocycles. The van der Waals surface area contributed by atoms with Crippen LogP contribution in [0.2, 0.25) is 0 Å². The molecule has 0 fully saturated rings. The fourth-order valence-electron chi connectivity index (χ4n) is 2.77. The van der Waals surface area contributed by atoms with Gasteiger partial charge < -0.3 is 15.8 Å². The molecule has 1 amide bonds. The Morgan fingerprint density at radius 2 is 1.31 bits per heavy atom. The third-order valence-electron chi connectivity index (χ3n) is 4.78. The topological polar surface area (TPSA) is 64.3 Å². The van der Waals surface area contributed by atoms with E-state index in [-0.39, 0.29) is 11.4 Å². The molecule has 0 saturated carbocycles. The highest BCUT2D eigenvalue weighted by Crippen LogP contribution is 2.11. The number of rotatable bonds is 19. The van der Waals surface area contributed by atoms with Crippen molar-refractivity contribution in [1.29, 1.82) is 0 Å². The quantitative estimate of drug-likeness (QED) is 0.170. The number of nitrogens with one attached hydrogen (secondary N) is 1. The number of carbonyl (C=O) groups is 1. The Balaban J connectivity index is 3.70. The molecule has 184 valence electrons. The molecule has 0 aromatic heterocycles. The van der Waals surface area contributed by atoms with Gasteiger partial charge in [-0.2, -0.15) is 0 Å². The second kappa shape index (κ2) is 18.9. The van der Waals surface area contributed by atoms with Crippen LogP contribution >= 0.6 is 0 Å². The predicted octanol–water partition coefficient (Wildman–Crippen LogP) is 6.78. The van der Waals surface area contributed by atoms with E-state index in [1.807, 2.05) is 27.7 Å². The van der Waals surface area contributed by atoms with Crippen LogP contribution in [-0.4, -0.2) is 30.2 Å². The summed E-state index contributed by atoms with van der Waals surface area (Å²) in [5, 5.41) is 2.96. The fraction of sp³-hybridized carbons (Fsp3) is 0.679. The molecule has 0 aromatic rings. The monoisotopic (exact) mass is 446 g/mol. The van der Waals surface area contributed by atoms with Crippen LogP contribution in [0.3, 0.4) is 0 Å². The van der Waals surface area contributed by atoms with Crippen molar-refractivity contribution in [2.75, 3.05) is 13.2 Å². The highest BCUT2D eigenvalue weighted by Gasteiger charge is 2.22. The SMILES string of the molecule is CCCCC/C=C\C/C=C\C/C=C\C/C=C\CCCC(=O)NCC(C)(C)OCC(C)(C)N. The van der Waals surface area contributed by atoms with Crippen molar-refractivity contribution >= 4 is 5.91 Å². The lowest BCUT2D eigenvalue weighted by Gasteiger charge is -2.30. The minimum Gasteiger partial charge on any atom is -0.372 e. The summed E-state index contributed by atoms with van der Waals surface area (Å²) in [4.78, 5) is 12.0. The Labute approximate surface area is 198 Å². The molecule has 0 heterocycles. The van der Waals surface area contributed by atoms with E-state index in [0.717, 1.165) is 32.1 Å². The number of nitrogens with two attached hydrogens (primary N) is 1. The first-order valence-electron chi connectivity index (χ1n) is 12.5. The van der Waals surface area contributed by atoms with Crippen molar-refractivity contribution in [1.82, 2.24) is 5.32 Å².